The Kier molecular flexibility index (Phi) is 27.0. The van der Waals surface area contributed by atoms with Crippen LogP contribution in [0.1, 0.15) is 77.2 Å². The molecule has 0 saturated heterocycles. The average molecular weight is 1360 g/mol. The molecular weight excluding hydrogens is 1300 g/mol. The van der Waals surface area contributed by atoms with E-state index in [1.165, 1.54) is 52.3 Å². The van der Waals surface area contributed by atoms with E-state index in [9.17, 15) is 14.4 Å². The summed E-state index contributed by atoms with van der Waals surface area (Å²) >= 11 is 7.41. The Labute approximate surface area is 449 Å². The fourth-order valence-corrected chi connectivity index (χ4v) is 14.1. The maximum Gasteiger partial charge on any atom is 0.257 e. The zero-order chi connectivity index (χ0) is 44.9. The van der Waals surface area contributed by atoms with E-state index in [2.05, 4.69) is 187 Å². The molecule has 5 aromatic carbocycles. The Hall–Kier alpha value is -3.06. The van der Waals surface area contributed by atoms with Crippen LogP contribution >= 0.6 is 75.1 Å². The van der Waals surface area contributed by atoms with Gasteiger partial charge >= 0.3 is 0 Å². The fraction of sp³-hybridized carbons (Fsp3) is 0.135. The van der Waals surface area contributed by atoms with Crippen LogP contribution in [0.4, 0.5) is 11.4 Å². The predicted octanol–water partition coefficient (Wildman–Crippen LogP) is 8.43. The van der Waals surface area contributed by atoms with Crippen LogP contribution < -0.4 is 74.5 Å². The highest BCUT2D eigenvalue weighted by Crippen LogP contribution is 2.55. The third-order valence-corrected chi connectivity index (χ3v) is 18.3. The minimum atomic E-state index is -1.55. The van der Waals surface area contributed by atoms with Crippen LogP contribution in [-0.2, 0) is 0 Å². The second kappa shape index (κ2) is 30.3. The molecule has 2 N–H and O–H groups in total. The quantitative estimate of drug-likeness (QED) is 0.0559. The third-order valence-electron chi connectivity index (χ3n) is 9.54. The molecule has 0 fully saturated rings. The summed E-state index contributed by atoms with van der Waals surface area (Å²) in [5, 5.41) is 14.0. The molecule has 2 amide bonds. The molecule has 5 nitrogen and oxygen atoms in total. The molecule has 2 heterocycles. The monoisotopic (exact) mass is 1350 g/mol. The third kappa shape index (κ3) is 15.8. The minimum absolute atomic E-state index is 0. The summed E-state index contributed by atoms with van der Waals surface area (Å²) in [5.74, 6) is -0.298. The number of benzene rings is 5. The molecule has 7 rings (SSSR count). The van der Waals surface area contributed by atoms with E-state index < -0.39 is 7.26 Å². The number of carbonyl (C=O) groups excluding carboxylic acids is 3. The number of carbonyl (C=O) groups is 3. The number of Topliss-reactive ketones (excluding diaryl/α,β-unsaturated/α-hetero) is 1. The lowest BCUT2D eigenvalue weighted by molar-refractivity contribution is -0.00100. The van der Waals surface area contributed by atoms with Crippen LogP contribution in [0.15, 0.2) is 182 Å². The maximum atomic E-state index is 12.3. The van der Waals surface area contributed by atoms with Gasteiger partial charge in [0.1, 0.15) is 23.2 Å². The molecule has 0 unspecified atom stereocenters. The van der Waals surface area contributed by atoms with Gasteiger partial charge in [-0.05, 0) is 155 Å². The molecule has 64 heavy (non-hydrogen) atoms. The molecule has 0 radical (unpaired) electrons. The first-order valence-electron chi connectivity index (χ1n) is 20.1. The van der Waals surface area contributed by atoms with E-state index in [-0.39, 0.29) is 65.6 Å². The van der Waals surface area contributed by atoms with Crippen molar-refractivity contribution in [1.29, 1.82) is 0 Å². The lowest BCUT2D eigenvalue weighted by Gasteiger charge is -2.27. The summed E-state index contributed by atoms with van der Waals surface area (Å²) in [4.78, 5) is 35.8. The molecular formula is C52H52I4N2O3PS2-. The number of para-hydroxylation sites is 2. The normalized spacial score (nSPS) is 10.4. The Bertz CT molecular complexity index is 2430. The van der Waals surface area contributed by atoms with Gasteiger partial charge in [-0.2, -0.15) is 0 Å². The number of thiophene rings is 2. The summed E-state index contributed by atoms with van der Waals surface area (Å²) < 4.78 is 1.95. The largest absolute Gasteiger partial charge is 1.00 e. The van der Waals surface area contributed by atoms with E-state index in [4.69, 9.17) is 0 Å². The van der Waals surface area contributed by atoms with Crippen LogP contribution in [-0.4, -0.2) is 23.8 Å². The molecule has 334 valence electrons. The summed E-state index contributed by atoms with van der Waals surface area (Å²) in [5.41, 5.74) is 5.58. The standard InChI is InChI=1S/C21H22P.C16H16INOS.C13H10INO2S.C2H4.2HI/c1-2-18-22(19-12-6-3-7-13-19,20-14-8-4-9-15-20)21-16-10-5-11-17-21;1-3-6-11(2)12-7-4-5-8-14(12)18-16(19)13-9-10-20-15(13)17;1-8(16)9-4-2-3-5-11(9)15-13(17)10-6-7-18-12(10)14;1-2;;/h3-17H,2,18H2,1H3;4-10H,3H2,1-2H3,(H,18,19);2-7H,1H3,(H,15,17);1-2H2;2*1H/q+1;;;;;/p-2. The molecule has 0 bridgehead atoms. The van der Waals surface area contributed by atoms with Gasteiger partial charge in [0.25, 0.3) is 11.8 Å². The van der Waals surface area contributed by atoms with E-state index in [0.717, 1.165) is 29.0 Å². The second-order valence-corrected chi connectivity index (χ2v) is 22.7. The number of nitrogens with one attached hydrogen (secondary N) is 2. The Morgan fingerprint density at radius 3 is 1.25 bits per heavy atom. The van der Waals surface area contributed by atoms with Gasteiger partial charge < -0.3 is 58.6 Å². The molecule has 0 aliphatic heterocycles. The number of allylic oxidation sites excluding steroid dienone is 2. The number of hydrogen-bond acceptors (Lipinski definition) is 5. The highest BCUT2D eigenvalue weighted by atomic mass is 127. The number of ketones is 1. The van der Waals surface area contributed by atoms with Gasteiger partial charge in [-0.3, -0.25) is 14.4 Å². The number of amides is 2. The molecule has 0 saturated carbocycles. The zero-order valence-corrected chi connectivity index (χ0v) is 47.4. The van der Waals surface area contributed by atoms with Crippen LogP contribution in [0, 0.1) is 5.77 Å². The van der Waals surface area contributed by atoms with Crippen molar-refractivity contribution in [3.63, 3.8) is 0 Å². The van der Waals surface area contributed by atoms with Crippen LogP contribution in [0.25, 0.3) is 5.57 Å². The lowest BCUT2D eigenvalue weighted by atomic mass is 10.0. The van der Waals surface area contributed by atoms with Crippen molar-refractivity contribution in [1.82, 2.24) is 0 Å². The predicted molar refractivity (Wildman–Crippen MR) is 288 cm³/mol. The van der Waals surface area contributed by atoms with Gasteiger partial charge in [-0.25, -0.2) is 0 Å². The molecule has 7 aromatic rings. The highest BCUT2D eigenvalue weighted by molar-refractivity contribution is 14.1. The number of halogens is 4. The SMILES string of the molecule is C=C.CC(=O)c1ccccc1NC(=O)c1ccsc1I.CCC=C(C)c1ccccc1NC(=O)c1ccsc1I.CCC[P+](c1ccccc1)(c1ccccc1)c1ccccc1.[I-].[I-]. The number of anilines is 2. The molecule has 12 heteroatoms. The van der Waals surface area contributed by atoms with Gasteiger partial charge in [0.15, 0.2) is 5.78 Å². The van der Waals surface area contributed by atoms with E-state index in [1.807, 2.05) is 41.1 Å². The minimum Gasteiger partial charge on any atom is -1.00 e. The van der Waals surface area contributed by atoms with E-state index >= 15 is 0 Å². The van der Waals surface area contributed by atoms with Crippen molar-refractivity contribution in [2.45, 2.75) is 40.5 Å². The molecule has 2 aromatic heterocycles. The maximum absolute atomic E-state index is 12.3. The first-order valence-corrected chi connectivity index (χ1v) is 26.0. The van der Waals surface area contributed by atoms with Crippen LogP contribution in [0.2, 0.25) is 0 Å². The summed E-state index contributed by atoms with van der Waals surface area (Å²) in [6, 6.07) is 51.8. The Morgan fingerprint density at radius 1 is 0.547 bits per heavy atom. The molecule has 0 aliphatic rings. The Morgan fingerprint density at radius 2 is 0.906 bits per heavy atom. The topological polar surface area (TPSA) is 75.3 Å². The van der Waals surface area contributed by atoms with Crippen molar-refractivity contribution in [3.8, 4) is 0 Å². The van der Waals surface area contributed by atoms with Crippen molar-refractivity contribution in [2.75, 3.05) is 16.8 Å². The van der Waals surface area contributed by atoms with E-state index in [0.29, 0.717) is 16.8 Å². The van der Waals surface area contributed by atoms with Gasteiger partial charge in [-0.15, -0.1) is 35.8 Å². The van der Waals surface area contributed by atoms with Gasteiger partial charge in [-0.1, -0.05) is 105 Å². The first-order chi connectivity index (χ1) is 30.1. The first kappa shape index (κ1) is 57.1. The van der Waals surface area contributed by atoms with Crippen molar-refractivity contribution in [3.05, 3.63) is 210 Å². The lowest BCUT2D eigenvalue weighted by Crippen LogP contribution is -3.00. The average Bonchev–Trinajstić information content (AvgIpc) is 3.95. The number of rotatable bonds is 12. The molecule has 0 atom stereocenters. The van der Waals surface area contributed by atoms with Crippen LogP contribution in [0.5, 0.6) is 0 Å². The zero-order valence-electron chi connectivity index (χ0n) is 36.2. The smallest absolute Gasteiger partial charge is 0.257 e. The van der Waals surface area contributed by atoms with Gasteiger partial charge in [0.2, 0.25) is 0 Å². The summed E-state index contributed by atoms with van der Waals surface area (Å²) in [6.07, 6.45) is 5.55. The second-order valence-electron chi connectivity index (χ2n) is 13.6. The van der Waals surface area contributed by atoms with Crippen molar-refractivity contribution in [2.24, 2.45) is 0 Å². The van der Waals surface area contributed by atoms with Crippen molar-refractivity contribution < 1.29 is 62.3 Å². The van der Waals surface area contributed by atoms with Gasteiger partial charge in [0, 0.05) is 16.8 Å². The molecule has 0 spiro atoms. The van der Waals surface area contributed by atoms with Gasteiger partial charge in [0.05, 0.1) is 28.7 Å². The van der Waals surface area contributed by atoms with Crippen molar-refractivity contribution >= 4 is 126 Å². The number of hydrogen-bond donors (Lipinski definition) is 2. The summed E-state index contributed by atoms with van der Waals surface area (Å²) in [7, 11) is -1.55. The van der Waals surface area contributed by atoms with Crippen LogP contribution in [0.3, 0.4) is 0 Å². The molecule has 0 aliphatic carbocycles. The Balaban J connectivity index is 0.000000320. The highest BCUT2D eigenvalue weighted by Gasteiger charge is 2.44. The fourth-order valence-electron chi connectivity index (χ4n) is 6.76. The summed E-state index contributed by atoms with van der Waals surface area (Å²) in [6.45, 7) is 14.0. The van der Waals surface area contributed by atoms with E-state index in [1.54, 1.807) is 41.7 Å².